The van der Waals surface area contributed by atoms with Crippen LogP contribution in [0, 0.1) is 0 Å². The maximum atomic E-state index is 10.7. The average molecular weight is 162 g/mol. The second-order valence-corrected chi connectivity index (χ2v) is 3.50. The molecular formula is C6H10O3S. The molecule has 1 aliphatic heterocycles. The first-order valence-corrected chi connectivity index (χ1v) is 4.30. The molecule has 1 saturated heterocycles. The fraction of sp³-hybridized carbons (Fsp3) is 0.833. The molecule has 0 amide bonds. The van der Waals surface area contributed by atoms with E-state index in [-0.39, 0.29) is 0 Å². The number of aliphatic carboxylic acids is 1. The summed E-state index contributed by atoms with van der Waals surface area (Å²) in [7, 11) is 0. The number of carboxylic acids is 1. The SMILES string of the molecule is CSC1(C(=O)O)CCOC1. The quantitative estimate of drug-likeness (QED) is 0.645. The maximum absolute atomic E-state index is 10.7. The van der Waals surface area contributed by atoms with E-state index in [1.807, 2.05) is 6.26 Å². The molecule has 4 heteroatoms. The summed E-state index contributed by atoms with van der Waals surface area (Å²) in [5.74, 6) is -0.752. The van der Waals surface area contributed by atoms with Gasteiger partial charge in [-0.3, -0.25) is 4.79 Å². The maximum Gasteiger partial charge on any atom is 0.322 e. The average Bonchev–Trinajstić information content (AvgIpc) is 2.35. The molecule has 1 heterocycles. The molecular weight excluding hydrogens is 152 g/mol. The van der Waals surface area contributed by atoms with E-state index >= 15 is 0 Å². The minimum absolute atomic E-state index is 0.351. The first-order chi connectivity index (χ1) is 4.71. The summed E-state index contributed by atoms with van der Waals surface area (Å²) in [4.78, 5) is 10.7. The molecule has 0 saturated carbocycles. The van der Waals surface area contributed by atoms with Crippen molar-refractivity contribution < 1.29 is 14.6 Å². The number of carboxylic acid groups (broad SMARTS) is 1. The summed E-state index contributed by atoms with van der Waals surface area (Å²) in [5, 5.41) is 8.76. The highest BCUT2D eigenvalue weighted by atomic mass is 32.2. The van der Waals surface area contributed by atoms with Crippen LogP contribution in [0.1, 0.15) is 6.42 Å². The van der Waals surface area contributed by atoms with Crippen LogP contribution in [0.3, 0.4) is 0 Å². The van der Waals surface area contributed by atoms with Gasteiger partial charge in [0.1, 0.15) is 4.75 Å². The van der Waals surface area contributed by atoms with Crippen LogP contribution >= 0.6 is 11.8 Å². The number of carbonyl (C=O) groups is 1. The zero-order valence-electron chi connectivity index (χ0n) is 5.79. The zero-order chi connectivity index (χ0) is 7.61. The van der Waals surface area contributed by atoms with Crippen molar-refractivity contribution in [1.29, 1.82) is 0 Å². The van der Waals surface area contributed by atoms with Gasteiger partial charge in [-0.05, 0) is 12.7 Å². The minimum atomic E-state index is -0.752. The van der Waals surface area contributed by atoms with Crippen LogP contribution in [-0.4, -0.2) is 35.3 Å². The number of hydrogen-bond donors (Lipinski definition) is 1. The topological polar surface area (TPSA) is 46.5 Å². The predicted molar refractivity (Wildman–Crippen MR) is 39.3 cm³/mol. The van der Waals surface area contributed by atoms with Crippen molar-refractivity contribution in [3.05, 3.63) is 0 Å². The van der Waals surface area contributed by atoms with E-state index in [9.17, 15) is 4.79 Å². The van der Waals surface area contributed by atoms with E-state index in [1.165, 1.54) is 11.8 Å². The van der Waals surface area contributed by atoms with E-state index in [0.717, 1.165) is 0 Å². The van der Waals surface area contributed by atoms with Gasteiger partial charge in [-0.2, -0.15) is 0 Å². The molecule has 3 nitrogen and oxygen atoms in total. The third kappa shape index (κ3) is 1.13. The third-order valence-electron chi connectivity index (χ3n) is 1.77. The van der Waals surface area contributed by atoms with E-state index in [1.54, 1.807) is 0 Å². The monoisotopic (exact) mass is 162 g/mol. The molecule has 0 aromatic rings. The van der Waals surface area contributed by atoms with Crippen molar-refractivity contribution >= 4 is 17.7 Å². The molecule has 10 heavy (non-hydrogen) atoms. The largest absolute Gasteiger partial charge is 0.480 e. The van der Waals surface area contributed by atoms with Crippen LogP contribution in [0.5, 0.6) is 0 Å². The molecule has 58 valence electrons. The number of rotatable bonds is 2. The Kier molecular flexibility index (Phi) is 2.21. The van der Waals surface area contributed by atoms with Gasteiger partial charge in [-0.15, -0.1) is 11.8 Å². The Morgan fingerprint density at radius 2 is 2.50 bits per heavy atom. The minimum Gasteiger partial charge on any atom is -0.480 e. The second-order valence-electron chi connectivity index (χ2n) is 2.31. The molecule has 1 rings (SSSR count). The lowest BCUT2D eigenvalue weighted by molar-refractivity contribution is -0.139. The zero-order valence-corrected chi connectivity index (χ0v) is 6.61. The summed E-state index contributed by atoms with van der Waals surface area (Å²) in [6.45, 7) is 0.927. The number of ether oxygens (including phenoxy) is 1. The fourth-order valence-corrected chi connectivity index (χ4v) is 1.63. The van der Waals surface area contributed by atoms with Crippen LogP contribution < -0.4 is 0 Å². The Hall–Kier alpha value is -0.220. The van der Waals surface area contributed by atoms with E-state index < -0.39 is 10.7 Å². The lowest BCUT2D eigenvalue weighted by Gasteiger charge is -2.17. The highest BCUT2D eigenvalue weighted by Gasteiger charge is 2.41. The van der Waals surface area contributed by atoms with Gasteiger partial charge in [0.25, 0.3) is 0 Å². The molecule has 0 aromatic carbocycles. The van der Waals surface area contributed by atoms with E-state index in [2.05, 4.69) is 0 Å². The normalized spacial score (nSPS) is 32.5. The molecule has 1 unspecified atom stereocenters. The van der Waals surface area contributed by atoms with Gasteiger partial charge < -0.3 is 9.84 Å². The molecule has 0 aromatic heterocycles. The molecule has 0 aliphatic carbocycles. The predicted octanol–water partition coefficient (Wildman–Crippen LogP) is 0.593. The van der Waals surface area contributed by atoms with Gasteiger partial charge in [-0.25, -0.2) is 0 Å². The van der Waals surface area contributed by atoms with Gasteiger partial charge >= 0.3 is 5.97 Å². The van der Waals surface area contributed by atoms with E-state index in [4.69, 9.17) is 9.84 Å². The first kappa shape index (κ1) is 7.88. The Balaban J connectivity index is 2.67. The Morgan fingerprint density at radius 3 is 2.70 bits per heavy atom. The molecule has 1 N–H and O–H groups in total. The van der Waals surface area contributed by atoms with Gasteiger partial charge in [0, 0.05) is 6.61 Å². The van der Waals surface area contributed by atoms with Crippen molar-refractivity contribution in [1.82, 2.24) is 0 Å². The second kappa shape index (κ2) is 2.80. The van der Waals surface area contributed by atoms with Crippen molar-refractivity contribution in [2.24, 2.45) is 0 Å². The first-order valence-electron chi connectivity index (χ1n) is 3.07. The number of thioether (sulfide) groups is 1. The van der Waals surface area contributed by atoms with Gasteiger partial charge in [0.05, 0.1) is 6.61 Å². The standard InChI is InChI=1S/C6H10O3S/c1-10-6(5(7)8)2-3-9-4-6/h2-4H2,1H3,(H,7,8). The lowest BCUT2D eigenvalue weighted by Crippen LogP contribution is -2.34. The van der Waals surface area contributed by atoms with Crippen molar-refractivity contribution in [2.45, 2.75) is 11.2 Å². The Bertz CT molecular complexity index is 140. The van der Waals surface area contributed by atoms with Crippen LogP contribution in [-0.2, 0) is 9.53 Å². The van der Waals surface area contributed by atoms with Gasteiger partial charge in [0.15, 0.2) is 0 Å². The van der Waals surface area contributed by atoms with Crippen molar-refractivity contribution in [2.75, 3.05) is 19.5 Å². The third-order valence-corrected chi connectivity index (χ3v) is 3.04. The number of hydrogen-bond acceptors (Lipinski definition) is 3. The summed E-state index contributed by atoms with van der Waals surface area (Å²) in [5.41, 5.74) is 0. The molecule has 1 fully saturated rings. The summed E-state index contributed by atoms with van der Waals surface area (Å²) < 4.78 is 4.36. The molecule has 0 radical (unpaired) electrons. The highest BCUT2D eigenvalue weighted by Crippen LogP contribution is 2.31. The Morgan fingerprint density at radius 1 is 1.80 bits per heavy atom. The van der Waals surface area contributed by atoms with Crippen molar-refractivity contribution in [3.63, 3.8) is 0 Å². The van der Waals surface area contributed by atoms with Crippen molar-refractivity contribution in [3.8, 4) is 0 Å². The lowest BCUT2D eigenvalue weighted by atomic mass is 10.1. The Labute approximate surface area is 63.8 Å². The van der Waals surface area contributed by atoms with Gasteiger partial charge in [0.2, 0.25) is 0 Å². The summed E-state index contributed by atoms with van der Waals surface area (Å²) in [6, 6.07) is 0. The van der Waals surface area contributed by atoms with E-state index in [0.29, 0.717) is 19.6 Å². The molecule has 0 bridgehead atoms. The molecule has 1 atom stereocenters. The molecule has 0 spiro atoms. The highest BCUT2D eigenvalue weighted by molar-refractivity contribution is 8.00. The van der Waals surface area contributed by atoms with Crippen LogP contribution in [0.4, 0.5) is 0 Å². The molecule has 1 aliphatic rings. The smallest absolute Gasteiger partial charge is 0.322 e. The summed E-state index contributed by atoms with van der Waals surface area (Å²) >= 11 is 1.36. The van der Waals surface area contributed by atoms with Crippen LogP contribution in [0.15, 0.2) is 0 Å². The van der Waals surface area contributed by atoms with Crippen LogP contribution in [0.2, 0.25) is 0 Å². The summed E-state index contributed by atoms with van der Waals surface area (Å²) in [6.07, 6.45) is 2.44. The fourth-order valence-electron chi connectivity index (χ4n) is 0.963. The van der Waals surface area contributed by atoms with Crippen LogP contribution in [0.25, 0.3) is 0 Å². The van der Waals surface area contributed by atoms with Gasteiger partial charge in [-0.1, -0.05) is 0 Å².